The third-order valence-corrected chi connectivity index (χ3v) is 2.22. The molecule has 1 rings (SSSR count). The van der Waals surface area contributed by atoms with Gasteiger partial charge >= 0.3 is 6.36 Å². The highest BCUT2D eigenvalue weighted by Crippen LogP contribution is 2.26. The summed E-state index contributed by atoms with van der Waals surface area (Å²) in [5, 5.41) is 0. The minimum atomic E-state index is -4.96. The van der Waals surface area contributed by atoms with Gasteiger partial charge in [0.15, 0.2) is 17.3 Å². The fraction of sp³-hybridized carbons (Fsp3) is 0.300. The van der Waals surface area contributed by atoms with E-state index in [0.717, 1.165) is 12.1 Å². The van der Waals surface area contributed by atoms with Crippen LogP contribution in [0.25, 0.3) is 0 Å². The van der Waals surface area contributed by atoms with E-state index >= 15 is 0 Å². The van der Waals surface area contributed by atoms with E-state index in [1.54, 1.807) is 0 Å². The zero-order valence-electron chi connectivity index (χ0n) is 8.52. The minimum absolute atomic E-state index is 0.0265. The summed E-state index contributed by atoms with van der Waals surface area (Å²) in [6, 6.07) is 2.55. The lowest BCUT2D eigenvalue weighted by Crippen LogP contribution is -2.18. The van der Waals surface area contributed by atoms with E-state index in [0.29, 0.717) is 6.07 Å². The van der Waals surface area contributed by atoms with Crippen LogP contribution in [0.3, 0.4) is 0 Å². The van der Waals surface area contributed by atoms with E-state index < -0.39 is 28.5 Å². The molecule has 1 aromatic rings. The van der Waals surface area contributed by atoms with Crippen molar-refractivity contribution in [3.05, 3.63) is 29.6 Å². The Morgan fingerprint density at radius 1 is 1.41 bits per heavy atom. The molecule has 17 heavy (non-hydrogen) atoms. The first-order valence-electron chi connectivity index (χ1n) is 4.44. The van der Waals surface area contributed by atoms with Gasteiger partial charge in [0, 0.05) is 5.56 Å². The Labute approximate surface area is 103 Å². The maximum absolute atomic E-state index is 13.2. The van der Waals surface area contributed by atoms with Crippen molar-refractivity contribution in [2.24, 2.45) is 0 Å². The first-order valence-corrected chi connectivity index (χ1v) is 5.36. The molecule has 1 atom stereocenters. The fourth-order valence-corrected chi connectivity index (χ4v) is 1.36. The number of ether oxygens (including phenoxy) is 1. The van der Waals surface area contributed by atoms with Gasteiger partial charge in [0.25, 0.3) is 0 Å². The Morgan fingerprint density at radius 3 is 2.41 bits per heavy atom. The Kier molecular flexibility index (Phi) is 4.13. The maximum atomic E-state index is 13.2. The summed E-state index contributed by atoms with van der Waals surface area (Å²) in [6.07, 6.45) is -4.96. The maximum Gasteiger partial charge on any atom is 0.573 e. The molecule has 1 aromatic carbocycles. The second-order valence-electron chi connectivity index (χ2n) is 3.17. The van der Waals surface area contributed by atoms with Gasteiger partial charge in [0.1, 0.15) is 0 Å². The molecule has 0 heterocycles. The number of alkyl halides is 4. The molecule has 0 saturated heterocycles. The molecule has 0 N–H and O–H groups in total. The SMILES string of the molecule is CC(Br)C(=O)c1ccc(OC(F)(F)F)c(F)c1. The first kappa shape index (κ1) is 14.0. The van der Waals surface area contributed by atoms with Crippen molar-refractivity contribution in [3.63, 3.8) is 0 Å². The van der Waals surface area contributed by atoms with Crippen molar-refractivity contribution in [1.82, 2.24) is 0 Å². The van der Waals surface area contributed by atoms with Crippen molar-refractivity contribution in [2.75, 3.05) is 0 Å². The van der Waals surface area contributed by atoms with Gasteiger partial charge < -0.3 is 4.74 Å². The third-order valence-electron chi connectivity index (χ3n) is 1.80. The van der Waals surface area contributed by atoms with Crippen LogP contribution in [0.15, 0.2) is 18.2 Å². The standard InChI is InChI=1S/C10H7BrF4O2/c1-5(11)9(16)6-2-3-8(7(12)4-6)17-10(13,14)15/h2-5H,1H3. The van der Waals surface area contributed by atoms with E-state index in [4.69, 9.17) is 0 Å². The first-order chi connectivity index (χ1) is 7.70. The summed E-state index contributed by atoms with van der Waals surface area (Å²) in [5.41, 5.74) is -0.0265. The van der Waals surface area contributed by atoms with E-state index in [9.17, 15) is 22.4 Å². The molecule has 0 aliphatic rings. The predicted molar refractivity (Wildman–Crippen MR) is 55.8 cm³/mol. The molecule has 0 aliphatic heterocycles. The van der Waals surface area contributed by atoms with Crippen molar-refractivity contribution >= 4 is 21.7 Å². The van der Waals surface area contributed by atoms with E-state index in [-0.39, 0.29) is 5.56 Å². The molecule has 2 nitrogen and oxygen atoms in total. The second-order valence-corrected chi connectivity index (χ2v) is 4.55. The fourth-order valence-electron chi connectivity index (χ4n) is 1.09. The predicted octanol–water partition coefficient (Wildman–Crippen LogP) is 3.69. The molecule has 0 radical (unpaired) electrons. The van der Waals surface area contributed by atoms with Crippen molar-refractivity contribution in [1.29, 1.82) is 0 Å². The number of carbonyl (C=O) groups is 1. The molecule has 94 valence electrons. The summed E-state index contributed by atoms with van der Waals surface area (Å²) in [6.45, 7) is 1.53. The van der Waals surface area contributed by atoms with Crippen LogP contribution >= 0.6 is 15.9 Å². The average molecular weight is 315 g/mol. The van der Waals surface area contributed by atoms with Gasteiger partial charge in [-0.1, -0.05) is 15.9 Å². The van der Waals surface area contributed by atoms with Crippen LogP contribution in [0.4, 0.5) is 17.6 Å². The third kappa shape index (κ3) is 3.99. The molecule has 0 bridgehead atoms. The molecule has 0 aromatic heterocycles. The number of hydrogen-bond donors (Lipinski definition) is 0. The van der Waals surface area contributed by atoms with Gasteiger partial charge in [0.05, 0.1) is 4.83 Å². The number of benzene rings is 1. The van der Waals surface area contributed by atoms with Gasteiger partial charge in [-0.2, -0.15) is 0 Å². The molecule has 7 heteroatoms. The highest BCUT2D eigenvalue weighted by Gasteiger charge is 2.32. The molecule has 0 aliphatic carbocycles. The monoisotopic (exact) mass is 314 g/mol. The number of ketones is 1. The van der Waals surface area contributed by atoms with Gasteiger partial charge in [-0.05, 0) is 25.1 Å². The second kappa shape index (κ2) is 5.03. The van der Waals surface area contributed by atoms with Crippen molar-refractivity contribution < 1.29 is 27.1 Å². The van der Waals surface area contributed by atoms with Crippen molar-refractivity contribution in [3.8, 4) is 5.75 Å². The summed E-state index contributed by atoms with van der Waals surface area (Å²) in [5.74, 6) is -2.62. The number of carbonyl (C=O) groups excluding carboxylic acids is 1. The zero-order chi connectivity index (χ0) is 13.2. The molecular formula is C10H7BrF4O2. The van der Waals surface area contributed by atoms with E-state index in [1.165, 1.54) is 6.92 Å². The summed E-state index contributed by atoms with van der Waals surface area (Å²) in [4.78, 5) is 10.9. The Bertz CT molecular complexity index is 429. The number of hydrogen-bond acceptors (Lipinski definition) is 2. The van der Waals surface area contributed by atoms with Crippen LogP contribution in [0.1, 0.15) is 17.3 Å². The molecule has 1 unspecified atom stereocenters. The quantitative estimate of drug-likeness (QED) is 0.483. The molecule has 0 amide bonds. The molecule has 0 spiro atoms. The Morgan fingerprint density at radius 2 is 2.00 bits per heavy atom. The minimum Gasteiger partial charge on any atom is -0.403 e. The summed E-state index contributed by atoms with van der Waals surface area (Å²) >= 11 is 2.99. The van der Waals surface area contributed by atoms with Gasteiger partial charge in [0.2, 0.25) is 0 Å². The number of halogens is 5. The van der Waals surface area contributed by atoms with Gasteiger partial charge in [-0.3, -0.25) is 4.79 Å². The van der Waals surface area contributed by atoms with E-state index in [1.807, 2.05) is 0 Å². The Hall–Kier alpha value is -1.11. The average Bonchev–Trinajstić information content (AvgIpc) is 2.18. The normalized spacial score (nSPS) is 13.3. The van der Waals surface area contributed by atoms with Crippen LogP contribution in [-0.2, 0) is 0 Å². The highest BCUT2D eigenvalue weighted by molar-refractivity contribution is 9.10. The van der Waals surface area contributed by atoms with E-state index in [2.05, 4.69) is 20.7 Å². The number of rotatable bonds is 3. The number of Topliss-reactive ketones (excluding diaryl/α,β-unsaturated/α-hetero) is 1. The summed E-state index contributed by atoms with van der Waals surface area (Å²) < 4.78 is 52.2. The highest BCUT2D eigenvalue weighted by atomic mass is 79.9. The van der Waals surface area contributed by atoms with Crippen molar-refractivity contribution in [2.45, 2.75) is 18.1 Å². The molecular weight excluding hydrogens is 308 g/mol. The topological polar surface area (TPSA) is 26.3 Å². The van der Waals surface area contributed by atoms with Crippen LogP contribution in [0.2, 0.25) is 0 Å². The summed E-state index contributed by atoms with van der Waals surface area (Å²) in [7, 11) is 0. The van der Waals surface area contributed by atoms with Crippen LogP contribution < -0.4 is 4.74 Å². The van der Waals surface area contributed by atoms with Gasteiger partial charge in [-0.15, -0.1) is 13.2 Å². The van der Waals surface area contributed by atoms with Crippen LogP contribution in [-0.4, -0.2) is 17.0 Å². The lowest BCUT2D eigenvalue weighted by molar-refractivity contribution is -0.275. The van der Waals surface area contributed by atoms with Crippen LogP contribution in [0.5, 0.6) is 5.75 Å². The Balaban J connectivity index is 2.98. The lowest BCUT2D eigenvalue weighted by Gasteiger charge is -2.10. The zero-order valence-corrected chi connectivity index (χ0v) is 10.1. The smallest absolute Gasteiger partial charge is 0.403 e. The molecule has 0 saturated carbocycles. The largest absolute Gasteiger partial charge is 0.573 e. The van der Waals surface area contributed by atoms with Gasteiger partial charge in [-0.25, -0.2) is 4.39 Å². The molecule has 0 fully saturated rings. The lowest BCUT2D eigenvalue weighted by atomic mass is 10.1. The van der Waals surface area contributed by atoms with Crippen LogP contribution in [0, 0.1) is 5.82 Å².